The third-order valence-electron chi connectivity index (χ3n) is 5.33. The Hall–Kier alpha value is -1.43. The first-order chi connectivity index (χ1) is 14.1. The van der Waals surface area contributed by atoms with Crippen molar-refractivity contribution in [2.45, 2.75) is 53.2 Å². The average molecular weight is 457 g/mol. The lowest BCUT2D eigenvalue weighted by Crippen LogP contribution is -2.39. The summed E-state index contributed by atoms with van der Waals surface area (Å²) in [6.45, 7) is 11.9. The maximum Gasteiger partial charge on any atom is 0.290 e. The Bertz CT molecular complexity index is 824. The maximum absolute atomic E-state index is 13.0. The Morgan fingerprint density at radius 3 is 2.73 bits per heavy atom. The van der Waals surface area contributed by atoms with E-state index in [-0.39, 0.29) is 6.47 Å². The molecule has 166 valence electrons. The van der Waals surface area contributed by atoms with Crippen LogP contribution in [0, 0.1) is 18.3 Å². The topological polar surface area (TPSA) is 53.4 Å². The van der Waals surface area contributed by atoms with Gasteiger partial charge in [-0.2, -0.15) is 0 Å². The highest BCUT2D eigenvalue weighted by molar-refractivity contribution is 7.48. The van der Waals surface area contributed by atoms with E-state index < -0.39 is 14.7 Å². The van der Waals surface area contributed by atoms with E-state index >= 15 is 0 Å². The van der Waals surface area contributed by atoms with Gasteiger partial charge in [0, 0.05) is 29.7 Å². The molecule has 2 unspecified atom stereocenters. The van der Waals surface area contributed by atoms with Gasteiger partial charge in [0.15, 0.2) is 0 Å². The molecule has 4 nitrogen and oxygen atoms in total. The molecule has 1 aromatic heterocycles. The van der Waals surface area contributed by atoms with Crippen LogP contribution >= 0.6 is 19.9 Å². The largest absolute Gasteiger partial charge is 0.483 e. The number of carbonyl (C=O) groups is 1. The van der Waals surface area contributed by atoms with Gasteiger partial charge in [-0.1, -0.05) is 38.5 Å². The molecule has 3 rings (SSSR count). The number of carboxylic acid groups (broad SMARTS) is 1. The summed E-state index contributed by atoms with van der Waals surface area (Å²) in [6.07, 6.45) is 2.16. The number of piperidine rings is 1. The number of likely N-dealkylation sites (tertiary alicyclic amines) is 1. The number of thiazole rings is 1. The van der Waals surface area contributed by atoms with Crippen molar-refractivity contribution in [3.8, 4) is 10.6 Å². The summed E-state index contributed by atoms with van der Waals surface area (Å²) in [4.78, 5) is 16.7. The zero-order valence-corrected chi connectivity index (χ0v) is 19.8. The Labute approximate surface area is 183 Å². The fourth-order valence-corrected chi connectivity index (χ4v) is 5.55. The minimum Gasteiger partial charge on any atom is -0.483 e. The Balaban J connectivity index is 0.00000101. The van der Waals surface area contributed by atoms with Gasteiger partial charge >= 0.3 is 0 Å². The van der Waals surface area contributed by atoms with E-state index in [0.29, 0.717) is 16.6 Å². The van der Waals surface area contributed by atoms with Gasteiger partial charge in [0.1, 0.15) is 5.01 Å². The molecule has 0 saturated carbocycles. The van der Waals surface area contributed by atoms with Gasteiger partial charge in [0.25, 0.3) is 12.6 Å². The average Bonchev–Trinajstić information content (AvgIpc) is 3.11. The first-order valence-electron chi connectivity index (χ1n) is 10.0. The van der Waals surface area contributed by atoms with Crippen LogP contribution < -0.4 is 5.30 Å². The van der Waals surface area contributed by atoms with Crippen molar-refractivity contribution in [3.05, 3.63) is 34.8 Å². The van der Waals surface area contributed by atoms with E-state index in [9.17, 15) is 8.78 Å². The summed E-state index contributed by atoms with van der Waals surface area (Å²) >= 11 is 1.65. The number of benzene rings is 1. The van der Waals surface area contributed by atoms with E-state index in [1.807, 2.05) is 31.3 Å². The van der Waals surface area contributed by atoms with E-state index in [4.69, 9.17) is 9.90 Å². The molecular weight excluding hydrogens is 425 g/mol. The number of hydrogen-bond donors (Lipinski definition) is 1. The van der Waals surface area contributed by atoms with Gasteiger partial charge in [-0.3, -0.25) is 9.69 Å². The molecule has 0 spiro atoms. The summed E-state index contributed by atoms with van der Waals surface area (Å²) in [5.41, 5.74) is 2.29. The Morgan fingerprint density at radius 1 is 1.40 bits per heavy atom. The molecule has 0 radical (unpaired) electrons. The highest BCUT2D eigenvalue weighted by Crippen LogP contribution is 2.35. The van der Waals surface area contributed by atoms with Gasteiger partial charge in [-0.15, -0.1) is 11.3 Å². The molecule has 1 aromatic carbocycles. The lowest BCUT2D eigenvalue weighted by atomic mass is 9.76. The minimum atomic E-state index is -2.31. The molecule has 1 N–H and O–H groups in total. The molecule has 2 atom stereocenters. The highest BCUT2D eigenvalue weighted by Gasteiger charge is 2.29. The molecule has 1 aliphatic rings. The van der Waals surface area contributed by atoms with Crippen LogP contribution in [0.2, 0.25) is 0 Å². The molecule has 2 heterocycles. The van der Waals surface area contributed by atoms with Crippen molar-refractivity contribution in [2.75, 3.05) is 13.1 Å². The molecular formula is C22H31F2N2O2PS. The van der Waals surface area contributed by atoms with E-state index in [0.717, 1.165) is 35.8 Å². The van der Waals surface area contributed by atoms with Crippen molar-refractivity contribution >= 4 is 31.7 Å². The molecule has 8 heteroatoms. The summed E-state index contributed by atoms with van der Waals surface area (Å²) in [5.74, 6) is 0.717. The summed E-state index contributed by atoms with van der Waals surface area (Å²) in [7, 11) is -0.491. The lowest BCUT2D eigenvalue weighted by Gasteiger charge is -2.39. The van der Waals surface area contributed by atoms with Crippen LogP contribution in [0.1, 0.15) is 44.1 Å². The van der Waals surface area contributed by atoms with E-state index in [1.54, 1.807) is 11.3 Å². The van der Waals surface area contributed by atoms with Gasteiger partial charge in [-0.25, -0.2) is 13.8 Å². The van der Waals surface area contributed by atoms with Crippen molar-refractivity contribution in [1.82, 2.24) is 9.88 Å². The van der Waals surface area contributed by atoms with Crippen LogP contribution in [0.3, 0.4) is 0 Å². The van der Waals surface area contributed by atoms with Gasteiger partial charge in [-0.05, 0) is 57.6 Å². The summed E-state index contributed by atoms with van der Waals surface area (Å²) in [6, 6.07) is 5.72. The third kappa shape index (κ3) is 7.36. The number of halogens is 2. The predicted octanol–water partition coefficient (Wildman–Crippen LogP) is 5.60. The lowest BCUT2D eigenvalue weighted by molar-refractivity contribution is -0.122. The first-order valence-corrected chi connectivity index (χ1v) is 11.9. The minimum absolute atomic E-state index is 0.250. The zero-order valence-electron chi connectivity index (χ0n) is 18.0. The zero-order chi connectivity index (χ0) is 22.3. The van der Waals surface area contributed by atoms with Gasteiger partial charge in [0.2, 0.25) is 0 Å². The molecule has 2 aromatic rings. The molecule has 1 saturated heterocycles. The smallest absolute Gasteiger partial charge is 0.290 e. The predicted molar refractivity (Wildman–Crippen MR) is 122 cm³/mol. The highest BCUT2D eigenvalue weighted by atomic mass is 32.1. The first kappa shape index (κ1) is 24.8. The van der Waals surface area contributed by atoms with Gasteiger partial charge in [0.05, 0.1) is 0 Å². The third-order valence-corrected chi connectivity index (χ3v) is 7.31. The molecule has 0 aliphatic carbocycles. The second-order valence-electron chi connectivity index (χ2n) is 8.67. The second kappa shape index (κ2) is 11.3. The van der Waals surface area contributed by atoms with Crippen LogP contribution in [0.5, 0.6) is 0 Å². The van der Waals surface area contributed by atoms with Crippen molar-refractivity contribution in [2.24, 2.45) is 11.3 Å². The van der Waals surface area contributed by atoms with E-state index in [2.05, 4.69) is 30.7 Å². The molecule has 1 fully saturated rings. The Morgan fingerprint density at radius 2 is 2.10 bits per heavy atom. The number of hydrogen-bond acceptors (Lipinski definition) is 4. The fourth-order valence-electron chi connectivity index (χ4n) is 3.71. The monoisotopic (exact) mass is 456 g/mol. The number of alkyl halides is 2. The molecule has 1 aliphatic heterocycles. The van der Waals surface area contributed by atoms with E-state index in [1.165, 1.54) is 17.7 Å². The number of aromatic nitrogens is 1. The van der Waals surface area contributed by atoms with Gasteiger partial charge < -0.3 is 5.11 Å². The summed E-state index contributed by atoms with van der Waals surface area (Å²) in [5, 5.41) is 8.46. The van der Waals surface area contributed by atoms with Crippen LogP contribution in [0.4, 0.5) is 8.78 Å². The SMILES string of the molecule is Cc1ccc(PC(F)F)c(-c2ncc(CN3CCCC(C(C)(C)C)C3)s2)c1.O=CO. The quantitative estimate of drug-likeness (QED) is 0.470. The van der Waals surface area contributed by atoms with Crippen LogP contribution in [0.25, 0.3) is 10.6 Å². The Kier molecular flexibility index (Phi) is 9.32. The number of nitrogens with zero attached hydrogens (tertiary/aromatic N) is 2. The number of rotatable bonds is 5. The second-order valence-corrected chi connectivity index (χ2v) is 11.1. The summed E-state index contributed by atoms with van der Waals surface area (Å²) < 4.78 is 25.9. The van der Waals surface area contributed by atoms with Crippen molar-refractivity contribution < 1.29 is 18.7 Å². The normalized spacial score (nSPS) is 17.9. The van der Waals surface area contributed by atoms with Crippen LogP contribution in [-0.4, -0.2) is 40.7 Å². The molecule has 30 heavy (non-hydrogen) atoms. The molecule has 0 amide bonds. The number of aryl methyl sites for hydroxylation is 1. The standard InChI is InChI=1S/C21H29F2N2PS.CH2O2/c1-14-7-8-18(26-20(22)23)17(10-14)19-24-11-16(27-19)13-25-9-5-6-15(12-25)21(2,3)4;2-1-3/h7-8,10-11,15,20,26H,5-6,9,12-13H2,1-4H3;1H,(H,2,3). The van der Waals surface area contributed by atoms with Crippen molar-refractivity contribution in [3.63, 3.8) is 0 Å². The van der Waals surface area contributed by atoms with Crippen molar-refractivity contribution in [1.29, 1.82) is 0 Å². The maximum atomic E-state index is 13.0. The molecule has 0 bridgehead atoms. The fraction of sp³-hybridized carbons (Fsp3) is 0.545. The van der Waals surface area contributed by atoms with Crippen LogP contribution in [0.15, 0.2) is 24.4 Å². The van der Waals surface area contributed by atoms with Crippen LogP contribution in [-0.2, 0) is 11.3 Å².